The third-order valence-corrected chi connectivity index (χ3v) is 4.64. The monoisotopic (exact) mass is 438 g/mol. The summed E-state index contributed by atoms with van der Waals surface area (Å²) in [4.78, 5) is 15.4. The second kappa shape index (κ2) is 9.47. The lowest BCUT2D eigenvalue weighted by atomic mass is 10.3. The molecule has 0 aliphatic carbocycles. The fourth-order valence-electron chi connectivity index (χ4n) is 2.66. The van der Waals surface area contributed by atoms with Crippen LogP contribution < -0.4 is 10.6 Å². The molecule has 2 heterocycles. The minimum Gasteiger partial charge on any atom is -0.378 e. The van der Waals surface area contributed by atoms with Gasteiger partial charge in [-0.1, -0.05) is 23.2 Å². The highest BCUT2D eigenvalue weighted by molar-refractivity contribution is 7.80. The van der Waals surface area contributed by atoms with Crippen LogP contribution in [0.4, 0.5) is 11.6 Å². The number of nitrogens with one attached hydrogen (secondary N) is 2. The van der Waals surface area contributed by atoms with Crippen molar-refractivity contribution in [3.05, 3.63) is 45.7 Å². The summed E-state index contributed by atoms with van der Waals surface area (Å²) in [6, 6.07) is 7.03. The number of rotatable bonds is 2. The molecule has 1 aliphatic rings. The predicted octanol–water partition coefficient (Wildman–Crippen LogP) is 3.90. The Labute approximate surface area is 179 Å². The fourth-order valence-corrected chi connectivity index (χ4v) is 3.32. The number of aryl methyl sites for hydroxylation is 2. The maximum Gasteiger partial charge on any atom is 0.229 e. The molecule has 28 heavy (non-hydrogen) atoms. The zero-order chi connectivity index (χ0) is 20.1. The highest BCUT2D eigenvalue weighted by atomic mass is 35.5. The number of ether oxygens (including phenoxy) is 1. The number of morpholine rings is 1. The molecular formula is C18H20Cl2N6OS. The maximum absolute atomic E-state index is 6.21. The molecule has 0 bridgehead atoms. The number of hydrogen-bond donors (Lipinski definition) is 2. The molecule has 148 valence electrons. The number of benzene rings is 1. The number of halogens is 2. The lowest BCUT2D eigenvalue weighted by molar-refractivity contribution is 0.0680. The van der Waals surface area contributed by atoms with Crippen molar-refractivity contribution in [2.45, 2.75) is 13.8 Å². The van der Waals surface area contributed by atoms with Crippen molar-refractivity contribution < 1.29 is 4.74 Å². The minimum absolute atomic E-state index is 0.252. The number of anilines is 2. The average Bonchev–Trinajstić information content (AvgIpc) is 2.63. The molecule has 1 aliphatic heterocycles. The summed E-state index contributed by atoms with van der Waals surface area (Å²) in [7, 11) is 0. The number of aliphatic imine (C=N–C) groups is 1. The molecule has 0 spiro atoms. The minimum atomic E-state index is 0.252. The Bertz CT molecular complexity index is 881. The highest BCUT2D eigenvalue weighted by Gasteiger charge is 2.17. The van der Waals surface area contributed by atoms with E-state index in [4.69, 9.17) is 40.2 Å². The van der Waals surface area contributed by atoms with Gasteiger partial charge in [0.15, 0.2) is 0 Å². The van der Waals surface area contributed by atoms with Gasteiger partial charge in [0.2, 0.25) is 17.0 Å². The average molecular weight is 439 g/mol. The normalized spacial score (nSPS) is 14.7. The van der Waals surface area contributed by atoms with Crippen LogP contribution in [-0.4, -0.2) is 52.2 Å². The summed E-state index contributed by atoms with van der Waals surface area (Å²) in [5, 5.41) is 7.48. The third kappa shape index (κ3) is 5.75. The van der Waals surface area contributed by atoms with E-state index in [0.29, 0.717) is 53.9 Å². The summed E-state index contributed by atoms with van der Waals surface area (Å²) >= 11 is 17.6. The molecule has 10 heteroatoms. The molecule has 7 nitrogen and oxygen atoms in total. The molecule has 1 aromatic heterocycles. The van der Waals surface area contributed by atoms with Crippen molar-refractivity contribution in [1.82, 2.24) is 14.9 Å². The van der Waals surface area contributed by atoms with Gasteiger partial charge in [-0.05, 0) is 50.3 Å². The van der Waals surface area contributed by atoms with Gasteiger partial charge in [0.25, 0.3) is 0 Å². The first-order valence-corrected chi connectivity index (χ1v) is 9.84. The summed E-state index contributed by atoms with van der Waals surface area (Å²) < 4.78 is 5.43. The Balaban J connectivity index is 1.83. The largest absolute Gasteiger partial charge is 0.378 e. The summed E-state index contributed by atoms with van der Waals surface area (Å²) in [5.74, 6) is 1.02. The highest BCUT2D eigenvalue weighted by Crippen LogP contribution is 2.25. The molecule has 0 amide bonds. The van der Waals surface area contributed by atoms with Crippen molar-refractivity contribution in [2.24, 2.45) is 4.99 Å². The van der Waals surface area contributed by atoms with Gasteiger partial charge < -0.3 is 15.0 Å². The van der Waals surface area contributed by atoms with Crippen molar-refractivity contribution in [2.75, 3.05) is 36.9 Å². The first kappa shape index (κ1) is 20.7. The quantitative estimate of drug-likeness (QED) is 0.418. The maximum atomic E-state index is 6.21. The first-order chi connectivity index (χ1) is 13.4. The predicted molar refractivity (Wildman–Crippen MR) is 118 cm³/mol. The molecule has 2 aromatic rings. The van der Waals surface area contributed by atoms with E-state index in [1.54, 1.807) is 18.2 Å². The van der Waals surface area contributed by atoms with Crippen molar-refractivity contribution >= 4 is 58.1 Å². The van der Waals surface area contributed by atoms with Crippen LogP contribution in [0.5, 0.6) is 0 Å². The number of aromatic nitrogens is 2. The van der Waals surface area contributed by atoms with Crippen LogP contribution >= 0.6 is 35.4 Å². The van der Waals surface area contributed by atoms with Crippen LogP contribution in [0, 0.1) is 13.8 Å². The standard InChI is InChI=1S/C18H20Cl2N6OS/c1-11-9-12(2)22-16(21-11)24-17(26-5-7-27-8-6-26)25-18(28)23-15-4-3-13(19)10-14(15)20/h3-4,9-10H,5-8H2,1-2H3,(H2,21,22,23,24,25,28). The van der Waals surface area contributed by atoms with Gasteiger partial charge in [0.1, 0.15) is 0 Å². The Morgan fingerprint density at radius 3 is 2.43 bits per heavy atom. The topological polar surface area (TPSA) is 74.7 Å². The van der Waals surface area contributed by atoms with Crippen molar-refractivity contribution in [3.63, 3.8) is 0 Å². The number of thiocarbonyl (C=S) groups is 1. The molecule has 1 saturated heterocycles. The van der Waals surface area contributed by atoms with Gasteiger partial charge in [-0.15, -0.1) is 0 Å². The van der Waals surface area contributed by atoms with E-state index >= 15 is 0 Å². The van der Waals surface area contributed by atoms with Gasteiger partial charge in [0.05, 0.1) is 23.9 Å². The second-order valence-electron chi connectivity index (χ2n) is 6.19. The smallest absolute Gasteiger partial charge is 0.229 e. The Morgan fingerprint density at radius 1 is 1.11 bits per heavy atom. The fraction of sp³-hybridized carbons (Fsp3) is 0.333. The van der Waals surface area contributed by atoms with Crippen LogP contribution in [0.2, 0.25) is 10.0 Å². The second-order valence-corrected chi connectivity index (χ2v) is 7.42. The first-order valence-electron chi connectivity index (χ1n) is 8.67. The molecule has 3 rings (SSSR count). The van der Waals surface area contributed by atoms with Crippen LogP contribution in [0.25, 0.3) is 0 Å². The number of hydrogen-bond acceptors (Lipinski definition) is 4. The van der Waals surface area contributed by atoms with Gasteiger partial charge in [-0.2, -0.15) is 4.99 Å². The van der Waals surface area contributed by atoms with E-state index in [-0.39, 0.29) is 5.11 Å². The molecular weight excluding hydrogens is 419 g/mol. The van der Waals surface area contributed by atoms with Crippen molar-refractivity contribution in [3.8, 4) is 0 Å². The Morgan fingerprint density at radius 2 is 1.79 bits per heavy atom. The molecule has 1 aromatic carbocycles. The van der Waals surface area contributed by atoms with Gasteiger partial charge >= 0.3 is 0 Å². The van der Waals surface area contributed by atoms with Crippen molar-refractivity contribution in [1.29, 1.82) is 0 Å². The van der Waals surface area contributed by atoms with E-state index < -0.39 is 0 Å². The van der Waals surface area contributed by atoms with E-state index in [1.807, 2.05) is 24.8 Å². The molecule has 0 radical (unpaired) electrons. The van der Waals surface area contributed by atoms with Crippen LogP contribution in [0.3, 0.4) is 0 Å². The lowest BCUT2D eigenvalue weighted by Gasteiger charge is -2.29. The number of guanidine groups is 1. The molecule has 0 atom stereocenters. The lowest BCUT2D eigenvalue weighted by Crippen LogP contribution is -2.45. The van der Waals surface area contributed by atoms with Gasteiger partial charge in [0, 0.05) is 29.5 Å². The Kier molecular flexibility index (Phi) is 7.01. The van der Waals surface area contributed by atoms with Gasteiger partial charge in [-0.3, -0.25) is 5.32 Å². The van der Waals surface area contributed by atoms with Gasteiger partial charge in [-0.25, -0.2) is 9.97 Å². The SMILES string of the molecule is Cc1cc(C)nc(N/C(=N/C(=S)Nc2ccc(Cl)cc2Cl)N2CCOCC2)n1. The third-order valence-electron chi connectivity index (χ3n) is 3.90. The van der Waals surface area contributed by atoms with E-state index in [9.17, 15) is 0 Å². The van der Waals surface area contributed by atoms with E-state index in [0.717, 1.165) is 11.4 Å². The van der Waals surface area contributed by atoms with E-state index in [1.165, 1.54) is 0 Å². The van der Waals surface area contributed by atoms with Crippen LogP contribution in [0.1, 0.15) is 11.4 Å². The van der Waals surface area contributed by atoms with Crippen LogP contribution in [0.15, 0.2) is 29.3 Å². The molecule has 2 N–H and O–H groups in total. The molecule has 1 fully saturated rings. The summed E-state index contributed by atoms with van der Waals surface area (Å²) in [5.41, 5.74) is 2.36. The zero-order valence-electron chi connectivity index (χ0n) is 15.5. The van der Waals surface area contributed by atoms with E-state index in [2.05, 4.69) is 25.6 Å². The molecule has 0 unspecified atom stereocenters. The number of nitrogens with zero attached hydrogens (tertiary/aromatic N) is 4. The van der Waals surface area contributed by atoms with Crippen LogP contribution in [-0.2, 0) is 4.74 Å². The molecule has 0 saturated carbocycles. The summed E-state index contributed by atoms with van der Waals surface area (Å²) in [6.07, 6.45) is 0. The Hall–Kier alpha value is -2.00. The zero-order valence-corrected chi connectivity index (χ0v) is 17.8. The summed E-state index contributed by atoms with van der Waals surface area (Å²) in [6.45, 7) is 6.41.